The first kappa shape index (κ1) is 14.9. The third-order valence-electron chi connectivity index (χ3n) is 2.60. The van der Waals surface area contributed by atoms with Gasteiger partial charge in [0, 0.05) is 17.8 Å². The summed E-state index contributed by atoms with van der Waals surface area (Å²) < 4.78 is 27.0. The maximum Gasteiger partial charge on any atom is 0.287 e. The highest BCUT2D eigenvalue weighted by molar-refractivity contribution is 9.10. The summed E-state index contributed by atoms with van der Waals surface area (Å²) in [4.78, 5) is 10.0. The molecular formula is C13H6BrF2N3O2. The van der Waals surface area contributed by atoms with Crippen LogP contribution in [0, 0.1) is 33.1 Å². The zero-order valence-electron chi connectivity index (χ0n) is 10.2. The summed E-state index contributed by atoms with van der Waals surface area (Å²) in [6.45, 7) is 0. The molecule has 21 heavy (non-hydrogen) atoms. The molecule has 0 aliphatic rings. The molecule has 0 fully saturated rings. The zero-order valence-corrected chi connectivity index (χ0v) is 11.8. The molecule has 0 unspecified atom stereocenters. The van der Waals surface area contributed by atoms with Gasteiger partial charge >= 0.3 is 0 Å². The summed E-state index contributed by atoms with van der Waals surface area (Å²) >= 11 is 2.85. The number of hydrogen-bond donors (Lipinski definition) is 1. The second-order valence-electron chi connectivity index (χ2n) is 3.97. The summed E-state index contributed by atoms with van der Waals surface area (Å²) in [5.41, 5.74) is -0.445. The fourth-order valence-corrected chi connectivity index (χ4v) is 1.95. The molecule has 0 heterocycles. The van der Waals surface area contributed by atoms with E-state index in [0.29, 0.717) is 0 Å². The van der Waals surface area contributed by atoms with Gasteiger partial charge in [0.2, 0.25) is 0 Å². The molecule has 0 aromatic heterocycles. The van der Waals surface area contributed by atoms with E-state index in [1.54, 1.807) is 6.07 Å². The lowest BCUT2D eigenvalue weighted by molar-refractivity contribution is -0.385. The number of halogens is 3. The number of rotatable bonds is 3. The Labute approximate surface area is 126 Å². The van der Waals surface area contributed by atoms with Gasteiger partial charge in [-0.3, -0.25) is 10.1 Å². The first-order valence-corrected chi connectivity index (χ1v) is 6.32. The van der Waals surface area contributed by atoms with E-state index in [2.05, 4.69) is 21.2 Å². The highest BCUT2D eigenvalue weighted by Crippen LogP contribution is 2.28. The molecule has 0 spiro atoms. The van der Waals surface area contributed by atoms with Crippen molar-refractivity contribution in [2.75, 3.05) is 5.32 Å². The molecule has 0 saturated carbocycles. The zero-order chi connectivity index (χ0) is 15.6. The van der Waals surface area contributed by atoms with Gasteiger partial charge in [0.1, 0.15) is 23.3 Å². The van der Waals surface area contributed by atoms with E-state index in [-0.39, 0.29) is 27.1 Å². The van der Waals surface area contributed by atoms with Gasteiger partial charge in [-0.15, -0.1) is 0 Å². The predicted molar refractivity (Wildman–Crippen MR) is 75.2 cm³/mol. The van der Waals surface area contributed by atoms with Gasteiger partial charge in [-0.25, -0.2) is 8.78 Å². The van der Waals surface area contributed by atoms with Crippen LogP contribution in [0.1, 0.15) is 5.56 Å². The molecular weight excluding hydrogens is 348 g/mol. The van der Waals surface area contributed by atoms with Crippen molar-refractivity contribution in [1.29, 1.82) is 5.26 Å². The van der Waals surface area contributed by atoms with Crippen LogP contribution in [0.3, 0.4) is 0 Å². The van der Waals surface area contributed by atoms with E-state index in [1.165, 1.54) is 12.1 Å². The Morgan fingerprint density at radius 3 is 2.57 bits per heavy atom. The molecule has 0 radical (unpaired) electrons. The van der Waals surface area contributed by atoms with Gasteiger partial charge in [0.05, 0.1) is 15.1 Å². The fourth-order valence-electron chi connectivity index (χ4n) is 1.64. The van der Waals surface area contributed by atoms with E-state index in [9.17, 15) is 18.9 Å². The highest BCUT2D eigenvalue weighted by Gasteiger charge is 2.15. The van der Waals surface area contributed by atoms with E-state index >= 15 is 0 Å². The van der Waals surface area contributed by atoms with Gasteiger partial charge in [0.15, 0.2) is 0 Å². The van der Waals surface area contributed by atoms with Gasteiger partial charge in [-0.05, 0) is 34.1 Å². The van der Waals surface area contributed by atoms with Crippen LogP contribution in [0.5, 0.6) is 0 Å². The Kier molecular flexibility index (Phi) is 4.14. The molecule has 8 heteroatoms. The van der Waals surface area contributed by atoms with Crippen LogP contribution in [0.15, 0.2) is 34.8 Å². The van der Waals surface area contributed by atoms with Gasteiger partial charge in [0.25, 0.3) is 5.69 Å². The Balaban J connectivity index is 2.39. The molecule has 1 N–H and O–H groups in total. The molecule has 2 aromatic carbocycles. The number of nitriles is 1. The number of nitro groups is 1. The molecule has 2 aromatic rings. The van der Waals surface area contributed by atoms with Crippen LogP contribution in [-0.2, 0) is 0 Å². The average Bonchev–Trinajstić information content (AvgIpc) is 2.44. The topological polar surface area (TPSA) is 79.0 Å². The standard InChI is InChI=1S/C13H6BrF2N3O2/c14-9-4-11(16)12(5-10(9)15)18-8-1-2-13(19(20)21)7(3-8)6-17/h1-5,18H. The lowest BCUT2D eigenvalue weighted by Gasteiger charge is -2.09. The van der Waals surface area contributed by atoms with Gasteiger partial charge in [-0.1, -0.05) is 0 Å². The monoisotopic (exact) mass is 353 g/mol. The molecule has 2 rings (SSSR count). The molecule has 5 nitrogen and oxygen atoms in total. The van der Waals surface area contributed by atoms with Gasteiger partial charge in [-0.2, -0.15) is 5.26 Å². The second kappa shape index (κ2) is 5.85. The molecule has 106 valence electrons. The normalized spacial score (nSPS) is 10.0. The second-order valence-corrected chi connectivity index (χ2v) is 4.83. The Hall–Kier alpha value is -2.53. The predicted octanol–water partition coefficient (Wildman–Crippen LogP) is 4.25. The van der Waals surface area contributed by atoms with Crippen LogP contribution >= 0.6 is 15.9 Å². The summed E-state index contributed by atoms with van der Waals surface area (Å²) in [6, 6.07) is 7.19. The summed E-state index contributed by atoms with van der Waals surface area (Å²) in [5.74, 6) is -1.37. The minimum atomic E-state index is -0.708. The van der Waals surface area contributed by atoms with Crippen LogP contribution in [-0.4, -0.2) is 4.92 Å². The third-order valence-corrected chi connectivity index (χ3v) is 3.21. The van der Waals surface area contributed by atoms with Crippen LogP contribution in [0.25, 0.3) is 0 Å². The molecule has 0 aliphatic heterocycles. The average molecular weight is 354 g/mol. The van der Waals surface area contributed by atoms with Crippen molar-refractivity contribution in [3.05, 3.63) is 62.1 Å². The van der Waals surface area contributed by atoms with Crippen molar-refractivity contribution in [1.82, 2.24) is 0 Å². The highest BCUT2D eigenvalue weighted by atomic mass is 79.9. The first-order valence-electron chi connectivity index (χ1n) is 5.52. The minimum absolute atomic E-state index is 0.0213. The maximum absolute atomic E-state index is 13.7. The number of nitrogens with zero attached hydrogens (tertiary/aromatic N) is 2. The summed E-state index contributed by atoms with van der Waals surface area (Å²) in [5, 5.41) is 22.1. The summed E-state index contributed by atoms with van der Waals surface area (Å²) in [7, 11) is 0. The Morgan fingerprint density at radius 2 is 1.95 bits per heavy atom. The number of anilines is 2. The SMILES string of the molecule is N#Cc1cc(Nc2cc(F)c(Br)cc2F)ccc1[N+](=O)[O-]. The molecule has 0 aliphatic carbocycles. The lowest BCUT2D eigenvalue weighted by Crippen LogP contribution is -1.98. The van der Waals surface area contributed by atoms with E-state index in [1.807, 2.05) is 0 Å². The molecule has 0 saturated heterocycles. The maximum atomic E-state index is 13.7. The van der Waals surface area contributed by atoms with Crippen molar-refractivity contribution in [2.24, 2.45) is 0 Å². The van der Waals surface area contributed by atoms with Crippen molar-refractivity contribution >= 4 is 33.0 Å². The Bertz CT molecular complexity index is 775. The van der Waals surface area contributed by atoms with Crippen LogP contribution in [0.2, 0.25) is 0 Å². The number of hydrogen-bond acceptors (Lipinski definition) is 4. The van der Waals surface area contributed by atoms with Crippen molar-refractivity contribution in [2.45, 2.75) is 0 Å². The fraction of sp³-hybridized carbons (Fsp3) is 0. The number of benzene rings is 2. The number of nitrogens with one attached hydrogen (secondary N) is 1. The Morgan fingerprint density at radius 1 is 1.24 bits per heavy atom. The van der Waals surface area contributed by atoms with Crippen molar-refractivity contribution in [3.8, 4) is 6.07 Å². The first-order chi connectivity index (χ1) is 9.92. The smallest absolute Gasteiger partial charge is 0.287 e. The van der Waals surface area contributed by atoms with Crippen LogP contribution in [0.4, 0.5) is 25.8 Å². The minimum Gasteiger partial charge on any atom is -0.353 e. The molecule has 0 atom stereocenters. The van der Waals surface area contributed by atoms with Crippen molar-refractivity contribution in [3.63, 3.8) is 0 Å². The molecule has 0 amide bonds. The summed E-state index contributed by atoms with van der Waals surface area (Å²) in [6.07, 6.45) is 0. The molecule has 0 bridgehead atoms. The van der Waals surface area contributed by atoms with Crippen LogP contribution < -0.4 is 5.32 Å². The van der Waals surface area contributed by atoms with Gasteiger partial charge < -0.3 is 5.32 Å². The van der Waals surface area contributed by atoms with E-state index in [4.69, 9.17) is 5.26 Å². The van der Waals surface area contributed by atoms with Crippen molar-refractivity contribution < 1.29 is 13.7 Å². The third kappa shape index (κ3) is 3.14. The van der Waals surface area contributed by atoms with E-state index in [0.717, 1.165) is 18.2 Å². The number of nitro benzene ring substituents is 1. The largest absolute Gasteiger partial charge is 0.353 e. The van der Waals surface area contributed by atoms with E-state index < -0.39 is 16.6 Å². The quantitative estimate of drug-likeness (QED) is 0.508. The lowest BCUT2D eigenvalue weighted by atomic mass is 10.1.